The predicted molar refractivity (Wildman–Crippen MR) is 76.3 cm³/mol. The van der Waals surface area contributed by atoms with E-state index in [0.717, 1.165) is 12.8 Å². The smallest absolute Gasteiger partial charge is 0.186 e. The maximum Gasteiger partial charge on any atom is 0.186 e. The van der Waals surface area contributed by atoms with Crippen LogP contribution in [0.4, 0.5) is 0 Å². The summed E-state index contributed by atoms with van der Waals surface area (Å²) >= 11 is 0. The van der Waals surface area contributed by atoms with Gasteiger partial charge in [0, 0.05) is 6.61 Å². The lowest BCUT2D eigenvalue weighted by molar-refractivity contribution is -0.169. The van der Waals surface area contributed by atoms with E-state index in [-0.39, 0.29) is 6.61 Å². The minimum atomic E-state index is -1.07. The molecule has 3 N–H and O–H groups in total. The molecule has 1 fully saturated rings. The Bertz CT molecular complexity index is 236. The second kappa shape index (κ2) is 10.5. The molecule has 5 nitrogen and oxygen atoms in total. The summed E-state index contributed by atoms with van der Waals surface area (Å²) in [6, 6.07) is 0. The number of hydrogen-bond acceptors (Lipinski definition) is 5. The third-order valence-corrected chi connectivity index (χ3v) is 3.78. The van der Waals surface area contributed by atoms with Gasteiger partial charge in [-0.05, 0) is 6.42 Å². The summed E-state index contributed by atoms with van der Waals surface area (Å²) in [5.41, 5.74) is 0. The molecule has 1 rings (SSSR count). The van der Waals surface area contributed by atoms with E-state index in [9.17, 15) is 10.2 Å². The molecule has 4 unspecified atom stereocenters. The summed E-state index contributed by atoms with van der Waals surface area (Å²) < 4.78 is 10.7. The Morgan fingerprint density at radius 1 is 0.900 bits per heavy atom. The van der Waals surface area contributed by atoms with Gasteiger partial charge in [-0.3, -0.25) is 0 Å². The first-order chi connectivity index (χ1) is 9.70. The minimum absolute atomic E-state index is 0.310. The van der Waals surface area contributed by atoms with E-state index in [1.807, 2.05) is 0 Å². The van der Waals surface area contributed by atoms with Crippen molar-refractivity contribution in [3.05, 3.63) is 0 Å². The Hall–Kier alpha value is -0.200. The zero-order valence-electron chi connectivity index (χ0n) is 12.5. The van der Waals surface area contributed by atoms with Gasteiger partial charge in [0.15, 0.2) is 6.29 Å². The highest BCUT2D eigenvalue weighted by molar-refractivity contribution is 4.86. The van der Waals surface area contributed by atoms with Gasteiger partial charge in [-0.15, -0.1) is 0 Å². The molecule has 0 aromatic carbocycles. The lowest BCUT2D eigenvalue weighted by Crippen LogP contribution is -2.34. The second-order valence-electron chi connectivity index (χ2n) is 5.55. The quantitative estimate of drug-likeness (QED) is 0.504. The van der Waals surface area contributed by atoms with Gasteiger partial charge < -0.3 is 24.8 Å². The van der Waals surface area contributed by atoms with Crippen molar-refractivity contribution in [3.63, 3.8) is 0 Å². The van der Waals surface area contributed by atoms with Crippen LogP contribution in [0, 0.1) is 0 Å². The number of rotatable bonds is 11. The Morgan fingerprint density at radius 3 is 2.05 bits per heavy atom. The molecule has 20 heavy (non-hydrogen) atoms. The van der Waals surface area contributed by atoms with Crippen molar-refractivity contribution in [1.29, 1.82) is 0 Å². The van der Waals surface area contributed by atoms with Crippen molar-refractivity contribution in [3.8, 4) is 0 Å². The molecule has 0 saturated carbocycles. The van der Waals surface area contributed by atoms with Crippen LogP contribution in [0.3, 0.4) is 0 Å². The first kappa shape index (κ1) is 17.9. The molecule has 1 saturated heterocycles. The van der Waals surface area contributed by atoms with E-state index in [1.54, 1.807) is 0 Å². The number of hydrogen-bond donors (Lipinski definition) is 3. The molecule has 0 spiro atoms. The Balaban J connectivity index is 1.96. The third kappa shape index (κ3) is 6.06. The van der Waals surface area contributed by atoms with Gasteiger partial charge in [0.1, 0.15) is 18.3 Å². The van der Waals surface area contributed by atoms with Gasteiger partial charge in [-0.25, -0.2) is 0 Å². The molecular weight excluding hydrogens is 260 g/mol. The fraction of sp³-hybridized carbons (Fsp3) is 1.00. The van der Waals surface area contributed by atoms with Crippen molar-refractivity contribution in [2.24, 2.45) is 0 Å². The summed E-state index contributed by atoms with van der Waals surface area (Å²) in [4.78, 5) is 0. The van der Waals surface area contributed by atoms with Crippen LogP contribution in [0.1, 0.15) is 58.3 Å². The molecule has 0 radical (unpaired) electrons. The molecule has 1 aliphatic rings. The van der Waals surface area contributed by atoms with Gasteiger partial charge in [0.25, 0.3) is 0 Å². The van der Waals surface area contributed by atoms with E-state index in [1.165, 1.54) is 38.5 Å². The fourth-order valence-corrected chi connectivity index (χ4v) is 2.44. The summed E-state index contributed by atoms with van der Waals surface area (Å²) in [6.45, 7) is 2.42. The van der Waals surface area contributed by atoms with E-state index in [0.29, 0.717) is 6.61 Å². The normalized spacial score (nSPS) is 30.0. The highest BCUT2D eigenvalue weighted by Crippen LogP contribution is 2.22. The Labute approximate surface area is 121 Å². The number of aliphatic hydroxyl groups excluding tert-OH is 3. The van der Waals surface area contributed by atoms with Crippen molar-refractivity contribution >= 4 is 0 Å². The molecule has 0 bridgehead atoms. The van der Waals surface area contributed by atoms with Crippen LogP contribution in [0.15, 0.2) is 0 Å². The van der Waals surface area contributed by atoms with E-state index >= 15 is 0 Å². The summed E-state index contributed by atoms with van der Waals surface area (Å²) in [5, 5.41) is 28.2. The number of aliphatic hydroxyl groups is 3. The highest BCUT2D eigenvalue weighted by atomic mass is 16.7. The molecule has 0 aromatic heterocycles. The predicted octanol–water partition coefficient (Wildman–Crippen LogP) is 1.58. The van der Waals surface area contributed by atoms with Crippen molar-refractivity contribution in [2.75, 3.05) is 13.2 Å². The highest BCUT2D eigenvalue weighted by Gasteiger charge is 2.42. The molecule has 0 aromatic rings. The molecule has 0 aliphatic carbocycles. The van der Waals surface area contributed by atoms with Crippen LogP contribution in [-0.4, -0.2) is 53.1 Å². The van der Waals surface area contributed by atoms with Crippen LogP contribution >= 0.6 is 0 Å². The molecule has 4 atom stereocenters. The summed E-state index contributed by atoms with van der Waals surface area (Å²) in [7, 11) is 0. The molecule has 5 heteroatoms. The van der Waals surface area contributed by atoms with Crippen LogP contribution in [-0.2, 0) is 9.47 Å². The van der Waals surface area contributed by atoms with E-state index in [2.05, 4.69) is 6.92 Å². The second-order valence-corrected chi connectivity index (χ2v) is 5.55. The lowest BCUT2D eigenvalue weighted by Gasteiger charge is -2.15. The molecule has 1 heterocycles. The average Bonchev–Trinajstić information content (AvgIpc) is 2.73. The maximum absolute atomic E-state index is 9.67. The third-order valence-electron chi connectivity index (χ3n) is 3.78. The first-order valence-electron chi connectivity index (χ1n) is 7.94. The molecule has 120 valence electrons. The van der Waals surface area contributed by atoms with Crippen LogP contribution < -0.4 is 0 Å². The van der Waals surface area contributed by atoms with Crippen LogP contribution in [0.25, 0.3) is 0 Å². The summed E-state index contributed by atoms with van der Waals surface area (Å²) in [6.07, 6.45) is 6.08. The molecular formula is C15H30O5. The standard InChI is InChI=1S/C15H30O5/c1-2-3-4-5-6-7-8-9-10-19-15-14(18)13(17)12(11-16)20-15/h12-18H,2-11H2,1H3. The van der Waals surface area contributed by atoms with Gasteiger partial charge >= 0.3 is 0 Å². The number of unbranched alkanes of at least 4 members (excludes halogenated alkanes) is 7. The zero-order valence-corrected chi connectivity index (χ0v) is 12.5. The topological polar surface area (TPSA) is 79.2 Å². The molecule has 1 aliphatic heterocycles. The van der Waals surface area contributed by atoms with E-state index < -0.39 is 24.6 Å². The first-order valence-corrected chi connectivity index (χ1v) is 7.94. The lowest BCUT2D eigenvalue weighted by atomic mass is 10.1. The number of ether oxygens (including phenoxy) is 2. The van der Waals surface area contributed by atoms with Crippen LogP contribution in [0.2, 0.25) is 0 Å². The van der Waals surface area contributed by atoms with Crippen molar-refractivity contribution < 1.29 is 24.8 Å². The van der Waals surface area contributed by atoms with Crippen molar-refractivity contribution in [1.82, 2.24) is 0 Å². The monoisotopic (exact) mass is 290 g/mol. The van der Waals surface area contributed by atoms with Crippen molar-refractivity contribution in [2.45, 2.75) is 82.9 Å². The molecule has 0 amide bonds. The minimum Gasteiger partial charge on any atom is -0.394 e. The van der Waals surface area contributed by atoms with Crippen LogP contribution in [0.5, 0.6) is 0 Å². The Kier molecular flexibility index (Phi) is 9.39. The zero-order chi connectivity index (χ0) is 14.8. The Morgan fingerprint density at radius 2 is 1.50 bits per heavy atom. The van der Waals surface area contributed by atoms with E-state index in [4.69, 9.17) is 14.6 Å². The summed E-state index contributed by atoms with van der Waals surface area (Å²) in [5.74, 6) is 0. The van der Waals surface area contributed by atoms with Gasteiger partial charge in [0.05, 0.1) is 6.61 Å². The van der Waals surface area contributed by atoms with Gasteiger partial charge in [-0.1, -0.05) is 51.9 Å². The maximum atomic E-state index is 9.67. The van der Waals surface area contributed by atoms with Gasteiger partial charge in [0.2, 0.25) is 0 Å². The fourth-order valence-electron chi connectivity index (χ4n) is 2.44. The average molecular weight is 290 g/mol. The van der Waals surface area contributed by atoms with Gasteiger partial charge in [-0.2, -0.15) is 0 Å². The SMILES string of the molecule is CCCCCCCCCCOC1OC(CO)C(O)C1O. The largest absolute Gasteiger partial charge is 0.394 e.